The van der Waals surface area contributed by atoms with Crippen molar-refractivity contribution in [1.82, 2.24) is 0 Å². The molecule has 28 heavy (non-hydrogen) atoms. The molecule has 2 aromatic carbocycles. The van der Waals surface area contributed by atoms with E-state index >= 15 is 0 Å². The predicted octanol–water partition coefficient (Wildman–Crippen LogP) is 4.97. The van der Waals surface area contributed by atoms with Crippen molar-refractivity contribution in [2.45, 2.75) is 31.7 Å². The Hall–Kier alpha value is -2.69. The normalized spacial score (nSPS) is 13.9. The van der Waals surface area contributed by atoms with E-state index in [4.69, 9.17) is 14.2 Å². The molecule has 0 aromatic heterocycles. The second-order valence-electron chi connectivity index (χ2n) is 6.71. The molecule has 148 valence electrons. The van der Waals surface area contributed by atoms with Crippen LogP contribution < -0.4 is 0 Å². The van der Waals surface area contributed by atoms with Gasteiger partial charge in [-0.3, -0.25) is 0 Å². The van der Waals surface area contributed by atoms with Crippen LogP contribution >= 0.6 is 0 Å². The smallest absolute Gasteiger partial charge is 0.338 e. The van der Waals surface area contributed by atoms with Crippen molar-refractivity contribution in [3.63, 3.8) is 0 Å². The lowest BCUT2D eigenvalue weighted by atomic mass is 10.1. The van der Waals surface area contributed by atoms with Crippen LogP contribution in [0, 0.1) is 0 Å². The summed E-state index contributed by atoms with van der Waals surface area (Å²) < 4.78 is 17.4. The Morgan fingerprint density at radius 1 is 1.07 bits per heavy atom. The maximum Gasteiger partial charge on any atom is 0.338 e. The zero-order chi connectivity index (χ0) is 20.2. The van der Waals surface area contributed by atoms with Crippen LogP contribution in [0.15, 0.2) is 86.0 Å². The van der Waals surface area contributed by atoms with Crippen LogP contribution in [0.2, 0.25) is 0 Å². The van der Waals surface area contributed by atoms with E-state index in [9.17, 15) is 4.79 Å². The summed E-state index contributed by atoms with van der Waals surface area (Å²) >= 11 is 0. The van der Waals surface area contributed by atoms with Gasteiger partial charge in [0.15, 0.2) is 0 Å². The number of ether oxygens (including phenoxy) is 3. The largest absolute Gasteiger partial charge is 0.459 e. The lowest BCUT2D eigenvalue weighted by molar-refractivity contribution is -0.0908. The number of carbonyl (C=O) groups excluding carboxylic acids is 1. The summed E-state index contributed by atoms with van der Waals surface area (Å²) in [5.41, 5.74) is 0.796. The van der Waals surface area contributed by atoms with Gasteiger partial charge in [-0.15, -0.1) is 13.2 Å². The first-order valence-electron chi connectivity index (χ1n) is 9.32. The zero-order valence-electron chi connectivity index (χ0n) is 16.4. The third kappa shape index (κ3) is 7.14. The summed E-state index contributed by atoms with van der Waals surface area (Å²) in [7, 11) is 0. The van der Waals surface area contributed by atoms with Gasteiger partial charge in [0.1, 0.15) is 12.2 Å². The van der Waals surface area contributed by atoms with Crippen LogP contribution in [-0.2, 0) is 20.8 Å². The summed E-state index contributed by atoms with van der Waals surface area (Å²) in [6.07, 6.45) is 3.96. The molecule has 0 saturated carbocycles. The van der Waals surface area contributed by atoms with Gasteiger partial charge < -0.3 is 14.2 Å². The van der Waals surface area contributed by atoms with Gasteiger partial charge in [-0.2, -0.15) is 0 Å². The van der Waals surface area contributed by atoms with Crippen LogP contribution in [-0.4, -0.2) is 30.9 Å². The molecule has 0 aliphatic carbocycles. The molecule has 4 heteroatoms. The highest BCUT2D eigenvalue weighted by molar-refractivity contribution is 5.89. The minimum absolute atomic E-state index is 0.0731. The number of hydrogen-bond acceptors (Lipinski definition) is 4. The molecule has 0 radical (unpaired) electrons. The molecule has 0 N–H and O–H groups in total. The fourth-order valence-electron chi connectivity index (χ4n) is 2.47. The molecular weight excluding hydrogens is 352 g/mol. The Balaban J connectivity index is 1.86. The summed E-state index contributed by atoms with van der Waals surface area (Å²) in [4.78, 5) is 12.2. The van der Waals surface area contributed by atoms with E-state index in [0.29, 0.717) is 25.2 Å². The average molecular weight is 380 g/mol. The standard InChI is InChI=1S/C24H28O4/c1-4-12-22(26-17-20-13-8-6-9-14-20)18-28-24(3,5-2)19-27-23(25)21-15-10-7-11-16-21/h4-11,13-16,22H,1-2,12,17-19H2,3H3. The number of hydrogen-bond donors (Lipinski definition) is 0. The molecule has 0 heterocycles. The van der Waals surface area contributed by atoms with E-state index in [2.05, 4.69) is 13.2 Å². The Labute approximate surface area is 167 Å². The third-order valence-corrected chi connectivity index (χ3v) is 4.29. The van der Waals surface area contributed by atoms with E-state index in [1.807, 2.05) is 43.3 Å². The highest BCUT2D eigenvalue weighted by atomic mass is 16.6. The van der Waals surface area contributed by atoms with Crippen LogP contribution in [0.25, 0.3) is 0 Å². The Bertz CT molecular complexity index is 742. The first-order chi connectivity index (χ1) is 13.6. The van der Waals surface area contributed by atoms with Gasteiger partial charge in [0.05, 0.1) is 24.9 Å². The highest BCUT2D eigenvalue weighted by Crippen LogP contribution is 2.17. The fraction of sp³-hybridized carbons (Fsp3) is 0.292. The monoisotopic (exact) mass is 380 g/mol. The minimum atomic E-state index is -0.806. The second-order valence-corrected chi connectivity index (χ2v) is 6.71. The molecule has 0 aliphatic rings. The highest BCUT2D eigenvalue weighted by Gasteiger charge is 2.25. The van der Waals surface area contributed by atoms with Gasteiger partial charge in [-0.25, -0.2) is 4.79 Å². The van der Waals surface area contributed by atoms with Crippen molar-refractivity contribution in [1.29, 1.82) is 0 Å². The van der Waals surface area contributed by atoms with Crippen molar-refractivity contribution in [2.75, 3.05) is 13.2 Å². The molecule has 2 unspecified atom stereocenters. The van der Waals surface area contributed by atoms with Gasteiger partial charge >= 0.3 is 5.97 Å². The van der Waals surface area contributed by atoms with Gasteiger partial charge in [-0.05, 0) is 31.0 Å². The Morgan fingerprint density at radius 2 is 1.71 bits per heavy atom. The quantitative estimate of drug-likeness (QED) is 0.385. The molecule has 0 saturated heterocycles. The third-order valence-electron chi connectivity index (χ3n) is 4.29. The van der Waals surface area contributed by atoms with E-state index in [1.165, 1.54) is 0 Å². The zero-order valence-corrected chi connectivity index (χ0v) is 16.4. The van der Waals surface area contributed by atoms with Gasteiger partial charge in [0.2, 0.25) is 0 Å². The summed E-state index contributed by atoms with van der Waals surface area (Å²) in [6, 6.07) is 18.8. The Kier molecular flexibility index (Phi) is 8.66. The number of benzene rings is 2. The molecular formula is C24H28O4. The molecule has 0 aliphatic heterocycles. The predicted molar refractivity (Wildman–Crippen MR) is 111 cm³/mol. The second kappa shape index (κ2) is 11.2. The van der Waals surface area contributed by atoms with Crippen molar-refractivity contribution in [2.24, 2.45) is 0 Å². The molecule has 2 aromatic rings. The summed E-state index contributed by atoms with van der Waals surface area (Å²) in [5.74, 6) is -0.389. The van der Waals surface area contributed by atoms with Gasteiger partial charge in [0.25, 0.3) is 0 Å². The fourth-order valence-corrected chi connectivity index (χ4v) is 2.47. The number of rotatable bonds is 12. The van der Waals surface area contributed by atoms with Crippen molar-refractivity contribution in [3.05, 3.63) is 97.1 Å². The maximum absolute atomic E-state index is 12.2. The lowest BCUT2D eigenvalue weighted by Gasteiger charge is -2.28. The van der Waals surface area contributed by atoms with Crippen molar-refractivity contribution in [3.8, 4) is 0 Å². The van der Waals surface area contributed by atoms with Crippen LogP contribution in [0.5, 0.6) is 0 Å². The van der Waals surface area contributed by atoms with Crippen LogP contribution in [0.1, 0.15) is 29.3 Å². The number of carbonyl (C=O) groups is 1. The first-order valence-corrected chi connectivity index (χ1v) is 9.32. The van der Waals surface area contributed by atoms with E-state index < -0.39 is 5.60 Å². The Morgan fingerprint density at radius 3 is 2.32 bits per heavy atom. The minimum Gasteiger partial charge on any atom is -0.459 e. The van der Waals surface area contributed by atoms with Crippen LogP contribution in [0.3, 0.4) is 0 Å². The SMILES string of the molecule is C=CCC(COC(C)(C=C)COC(=O)c1ccccc1)OCc1ccccc1. The molecule has 0 amide bonds. The summed E-state index contributed by atoms with van der Waals surface area (Å²) in [6.45, 7) is 10.4. The van der Waals surface area contributed by atoms with Gasteiger partial charge in [-0.1, -0.05) is 60.7 Å². The van der Waals surface area contributed by atoms with E-state index in [-0.39, 0.29) is 18.7 Å². The molecule has 0 fully saturated rings. The molecule has 2 atom stereocenters. The van der Waals surface area contributed by atoms with Crippen molar-refractivity contribution < 1.29 is 19.0 Å². The maximum atomic E-state index is 12.2. The van der Waals surface area contributed by atoms with E-state index in [0.717, 1.165) is 5.56 Å². The molecule has 0 bridgehead atoms. The average Bonchev–Trinajstić information content (AvgIpc) is 2.75. The molecule has 2 rings (SSSR count). The number of esters is 1. The van der Waals surface area contributed by atoms with E-state index in [1.54, 1.807) is 36.4 Å². The molecule has 4 nitrogen and oxygen atoms in total. The van der Waals surface area contributed by atoms with Crippen LogP contribution in [0.4, 0.5) is 0 Å². The summed E-state index contributed by atoms with van der Waals surface area (Å²) in [5, 5.41) is 0. The topological polar surface area (TPSA) is 44.8 Å². The van der Waals surface area contributed by atoms with Gasteiger partial charge in [0, 0.05) is 0 Å². The molecule has 0 spiro atoms. The van der Waals surface area contributed by atoms with Crippen molar-refractivity contribution >= 4 is 5.97 Å². The first kappa shape index (κ1) is 21.6. The lowest BCUT2D eigenvalue weighted by Crippen LogP contribution is -2.36.